The fourth-order valence-electron chi connectivity index (χ4n) is 2.91. The summed E-state index contributed by atoms with van der Waals surface area (Å²) in [7, 11) is -27.6. The molecule has 42 heavy (non-hydrogen) atoms. The zero-order valence-electron chi connectivity index (χ0n) is 21.3. The predicted molar refractivity (Wildman–Crippen MR) is 127 cm³/mol. The predicted octanol–water partition coefficient (Wildman–Crippen LogP) is 11.5. The summed E-state index contributed by atoms with van der Waals surface area (Å²) in [5.74, 6) is 0. The van der Waals surface area contributed by atoms with Crippen molar-refractivity contribution in [3.05, 3.63) is 0 Å². The van der Waals surface area contributed by atoms with Crippen LogP contribution >= 0.6 is 46.6 Å². The second-order valence-corrected chi connectivity index (χ2v) is 16.3. The maximum Gasteiger partial charge on any atom is 3.00 e. The zero-order valence-corrected chi connectivity index (χ0v) is 26.7. The molecule has 0 aliphatic carbocycles. The molecule has 2 fully saturated rings. The molecular formula is C14H28Cl2F18MnN4P3. The fourth-order valence-corrected chi connectivity index (χ4v) is 3.42. The summed E-state index contributed by atoms with van der Waals surface area (Å²) in [5, 5.41) is 0. The minimum atomic E-state index is -10.7. The fraction of sp³-hybridized carbons (Fsp3) is 1.00. The molecule has 2 unspecified atom stereocenters. The molecule has 2 aliphatic rings. The first kappa shape index (κ1) is 47.4. The first-order valence-electron chi connectivity index (χ1n) is 10.7. The summed E-state index contributed by atoms with van der Waals surface area (Å²) in [5.41, 5.74) is 0. The molecule has 0 saturated carbocycles. The van der Waals surface area contributed by atoms with Crippen LogP contribution in [-0.4, -0.2) is 97.1 Å². The van der Waals surface area contributed by atoms with E-state index in [1.807, 2.05) is 0 Å². The third-order valence-corrected chi connectivity index (χ3v) is 5.36. The van der Waals surface area contributed by atoms with Gasteiger partial charge in [-0.1, -0.05) is 23.2 Å². The van der Waals surface area contributed by atoms with Crippen LogP contribution in [0, 0.1) is 0 Å². The van der Waals surface area contributed by atoms with Gasteiger partial charge in [0.15, 0.2) is 4.46 Å². The molecule has 266 valence electrons. The largest absolute Gasteiger partial charge is 3.00 e. The van der Waals surface area contributed by atoms with Crippen molar-refractivity contribution in [3.8, 4) is 0 Å². The van der Waals surface area contributed by atoms with Crippen molar-refractivity contribution < 1.29 is 92.6 Å². The van der Waals surface area contributed by atoms with Crippen molar-refractivity contribution in [2.45, 2.75) is 17.3 Å². The number of fused-ring (bicyclic) bond motifs is 3. The topological polar surface area (TPSA) is 13.0 Å². The molecule has 2 bridgehead atoms. The van der Waals surface area contributed by atoms with Gasteiger partial charge in [-0.25, -0.2) is 0 Å². The summed E-state index contributed by atoms with van der Waals surface area (Å²) in [6, 6.07) is 0. The number of alkyl halides is 2. The molecule has 4 nitrogen and oxygen atoms in total. The second kappa shape index (κ2) is 12.5. The Labute approximate surface area is 249 Å². The summed E-state index contributed by atoms with van der Waals surface area (Å²) in [6.07, 6.45) is 2.05. The van der Waals surface area contributed by atoms with Crippen LogP contribution < -0.4 is 0 Å². The average molecular weight is 813 g/mol. The van der Waals surface area contributed by atoms with E-state index in [0.29, 0.717) is 0 Å². The smallest absolute Gasteiger partial charge is 3.00 e. The van der Waals surface area contributed by atoms with Gasteiger partial charge in [0.05, 0.1) is 0 Å². The van der Waals surface area contributed by atoms with E-state index in [9.17, 15) is 75.5 Å². The molecule has 2 atom stereocenters. The van der Waals surface area contributed by atoms with Crippen molar-refractivity contribution in [2.75, 3.05) is 73.0 Å². The maximum absolute atomic E-state index is 10.7. The maximum atomic E-state index is 9.87. The standard InChI is InChI=1S/C14H28Cl2N4.3F6P.Mn/c1-17-5-3-6-19-10-8-18(2)7-4-14(15,16)20(12-9-17)13-11-19;3*1-7(2,3,4,5)6;/h3-13H2,1-2H3;;;;/q;3*-1;+3. The quantitative estimate of drug-likeness (QED) is 0.0794. The van der Waals surface area contributed by atoms with E-state index in [0.717, 1.165) is 58.8 Å². The van der Waals surface area contributed by atoms with Gasteiger partial charge in [0.25, 0.3) is 0 Å². The van der Waals surface area contributed by atoms with Gasteiger partial charge in [-0.15, -0.1) is 0 Å². The monoisotopic (exact) mass is 812 g/mol. The van der Waals surface area contributed by atoms with E-state index >= 15 is 0 Å². The van der Waals surface area contributed by atoms with E-state index in [1.165, 1.54) is 13.0 Å². The molecule has 0 aromatic rings. The van der Waals surface area contributed by atoms with Crippen LogP contribution in [0.4, 0.5) is 75.5 Å². The Morgan fingerprint density at radius 2 is 0.738 bits per heavy atom. The molecular weight excluding hydrogens is 785 g/mol. The summed E-state index contributed by atoms with van der Waals surface area (Å²) < 4.78 is 177. The average Bonchev–Trinajstić information content (AvgIpc) is 2.55. The Kier molecular flexibility index (Phi) is 14.1. The second-order valence-electron chi connectivity index (χ2n) is 9.08. The molecule has 0 spiro atoms. The number of likely N-dealkylation sites (N-methyl/N-ethyl adjacent to an activating group) is 2. The van der Waals surface area contributed by atoms with Crippen LogP contribution in [0.3, 0.4) is 0 Å². The number of hydrogen-bond acceptors (Lipinski definition) is 4. The first-order valence-corrected chi connectivity index (χ1v) is 17.6. The van der Waals surface area contributed by atoms with Gasteiger partial charge in [0, 0.05) is 52.2 Å². The molecule has 2 aliphatic heterocycles. The molecule has 0 N–H and O–H groups in total. The van der Waals surface area contributed by atoms with Crippen LogP contribution in [0.1, 0.15) is 12.8 Å². The van der Waals surface area contributed by atoms with Crippen molar-refractivity contribution in [2.24, 2.45) is 0 Å². The van der Waals surface area contributed by atoms with E-state index in [1.54, 1.807) is 0 Å². The van der Waals surface area contributed by atoms with Crippen LogP contribution in [-0.2, 0) is 17.1 Å². The molecule has 2 saturated heterocycles. The van der Waals surface area contributed by atoms with Crippen molar-refractivity contribution in [3.63, 3.8) is 0 Å². The van der Waals surface area contributed by atoms with Crippen LogP contribution in [0.15, 0.2) is 0 Å². The normalized spacial score (nSPS) is 28.1. The number of halogens is 20. The van der Waals surface area contributed by atoms with E-state index in [2.05, 4.69) is 33.7 Å². The molecule has 2 rings (SSSR count). The third-order valence-electron chi connectivity index (χ3n) is 4.51. The van der Waals surface area contributed by atoms with Crippen molar-refractivity contribution in [1.82, 2.24) is 19.6 Å². The van der Waals surface area contributed by atoms with Crippen molar-refractivity contribution >= 4 is 46.6 Å². The first-order chi connectivity index (χ1) is 16.8. The molecule has 0 amide bonds. The minimum Gasteiger partial charge on any atom is 3.00 e. The SMILES string of the molecule is CN1CCCN2CCN(C)CCC(Cl)(Cl)N(CC1)CC2.F[P-](F)(F)(F)(F)F.F[P-](F)(F)(F)(F)F.F[P-](F)(F)(F)(F)F.[Mn+3]. The van der Waals surface area contributed by atoms with Gasteiger partial charge in [-0.2, -0.15) is 0 Å². The molecule has 0 aromatic carbocycles. The molecule has 2 heterocycles. The number of nitrogens with zero attached hydrogens (tertiary/aromatic N) is 4. The Balaban J connectivity index is -0.000000573. The summed E-state index contributed by atoms with van der Waals surface area (Å²) in [4.78, 5) is 9.54. The summed E-state index contributed by atoms with van der Waals surface area (Å²) >= 11 is 13.3. The number of rotatable bonds is 0. The van der Waals surface area contributed by atoms with Crippen LogP contribution in [0.25, 0.3) is 0 Å². The Bertz CT molecular complexity index is 751. The zero-order chi connectivity index (χ0) is 33.8. The minimum absolute atomic E-state index is 0. The van der Waals surface area contributed by atoms with Gasteiger partial charge in [-0.05, 0) is 33.6 Å². The van der Waals surface area contributed by atoms with Crippen LogP contribution in [0.5, 0.6) is 0 Å². The van der Waals surface area contributed by atoms with Gasteiger partial charge in [0.1, 0.15) is 0 Å². The van der Waals surface area contributed by atoms with Gasteiger partial charge < -0.3 is 14.7 Å². The molecule has 0 radical (unpaired) electrons. The molecule has 0 aromatic heterocycles. The van der Waals surface area contributed by atoms with Gasteiger partial charge in [-0.3, -0.25) is 4.90 Å². The van der Waals surface area contributed by atoms with E-state index in [-0.39, 0.29) is 17.1 Å². The molecule has 28 heteroatoms. The Hall–Kier alpha value is 0.969. The van der Waals surface area contributed by atoms with Crippen LogP contribution in [0.2, 0.25) is 0 Å². The summed E-state index contributed by atoms with van der Waals surface area (Å²) in [6.45, 7) is 9.53. The Morgan fingerprint density at radius 1 is 0.452 bits per heavy atom. The van der Waals surface area contributed by atoms with Crippen molar-refractivity contribution in [1.29, 1.82) is 0 Å². The third kappa shape index (κ3) is 56.7. The van der Waals surface area contributed by atoms with E-state index in [4.69, 9.17) is 23.2 Å². The Morgan fingerprint density at radius 3 is 1.12 bits per heavy atom. The van der Waals surface area contributed by atoms with Gasteiger partial charge in [0.2, 0.25) is 0 Å². The van der Waals surface area contributed by atoms with E-state index < -0.39 is 27.9 Å². The van der Waals surface area contributed by atoms with Gasteiger partial charge >= 0.3 is 116 Å². The number of hydrogen-bond donors (Lipinski definition) is 0.